The smallest absolute Gasteiger partial charge is 0.122 e. The van der Waals surface area contributed by atoms with Gasteiger partial charge in [-0.3, -0.25) is 4.90 Å². The Hall–Kier alpha value is -1.88. The van der Waals surface area contributed by atoms with Gasteiger partial charge in [-0.25, -0.2) is 0 Å². The van der Waals surface area contributed by atoms with E-state index in [1.807, 2.05) is 13.0 Å². The van der Waals surface area contributed by atoms with E-state index >= 15 is 0 Å². The van der Waals surface area contributed by atoms with Gasteiger partial charge in [-0.2, -0.15) is 0 Å². The van der Waals surface area contributed by atoms with Gasteiger partial charge in [-0.15, -0.1) is 0 Å². The first kappa shape index (κ1) is 18.5. The molecule has 0 aliphatic carbocycles. The molecule has 2 atom stereocenters. The molecule has 27 heavy (non-hydrogen) atoms. The zero-order valence-corrected chi connectivity index (χ0v) is 16.4. The van der Waals surface area contributed by atoms with Crippen molar-refractivity contribution in [1.29, 1.82) is 0 Å². The highest BCUT2D eigenvalue weighted by Crippen LogP contribution is 2.43. The Morgan fingerprint density at radius 3 is 2.37 bits per heavy atom. The molecule has 2 aromatic rings. The Kier molecular flexibility index (Phi) is 4.97. The second-order valence-electron chi connectivity index (χ2n) is 8.08. The Bertz CT molecular complexity index is 791. The molecule has 0 amide bonds. The Balaban J connectivity index is 1.62. The van der Waals surface area contributed by atoms with Crippen molar-refractivity contribution in [2.75, 3.05) is 20.3 Å². The van der Waals surface area contributed by atoms with Crippen LogP contribution < -0.4 is 4.74 Å². The minimum atomic E-state index is -0.812. The van der Waals surface area contributed by atoms with Crippen LogP contribution in [0.3, 0.4) is 0 Å². The van der Waals surface area contributed by atoms with Crippen LogP contribution >= 0.6 is 0 Å². The molecule has 0 radical (unpaired) electrons. The van der Waals surface area contributed by atoms with Crippen LogP contribution in [0.2, 0.25) is 0 Å². The highest BCUT2D eigenvalue weighted by molar-refractivity contribution is 5.44. The average molecular weight is 367 g/mol. The first-order valence-corrected chi connectivity index (χ1v) is 9.75. The topological polar surface area (TPSA) is 41.9 Å². The zero-order valence-electron chi connectivity index (χ0n) is 16.4. The number of aryl methyl sites for hydroxylation is 2. The largest absolute Gasteiger partial charge is 0.496 e. The number of rotatable bonds is 4. The van der Waals surface area contributed by atoms with Crippen LogP contribution in [0.15, 0.2) is 42.5 Å². The molecule has 2 aromatic carbocycles. The summed E-state index contributed by atoms with van der Waals surface area (Å²) in [7, 11) is 1.69. The molecule has 2 unspecified atom stereocenters. The quantitative estimate of drug-likeness (QED) is 0.897. The highest BCUT2D eigenvalue weighted by atomic mass is 16.5. The van der Waals surface area contributed by atoms with Crippen molar-refractivity contribution in [2.45, 2.75) is 50.9 Å². The number of morpholine rings is 1. The van der Waals surface area contributed by atoms with Crippen molar-refractivity contribution in [2.24, 2.45) is 0 Å². The highest BCUT2D eigenvalue weighted by Gasteiger charge is 2.47. The lowest BCUT2D eigenvalue weighted by Gasteiger charge is -2.52. The van der Waals surface area contributed by atoms with E-state index in [0.717, 1.165) is 29.0 Å². The van der Waals surface area contributed by atoms with Crippen LogP contribution in [0.1, 0.15) is 35.1 Å². The third kappa shape index (κ3) is 3.49. The molecule has 2 aliphatic heterocycles. The summed E-state index contributed by atoms with van der Waals surface area (Å²) in [6, 6.07) is 15.2. The van der Waals surface area contributed by atoms with E-state index in [1.165, 1.54) is 5.56 Å². The number of methoxy groups -OCH3 is 1. The lowest BCUT2D eigenvalue weighted by atomic mass is 9.75. The summed E-state index contributed by atoms with van der Waals surface area (Å²) >= 11 is 0. The molecule has 2 aliphatic rings. The maximum Gasteiger partial charge on any atom is 0.122 e. The summed E-state index contributed by atoms with van der Waals surface area (Å²) in [5.74, 6) is 0.880. The van der Waals surface area contributed by atoms with E-state index in [-0.39, 0.29) is 12.1 Å². The molecule has 1 N–H and O–H groups in total. The summed E-state index contributed by atoms with van der Waals surface area (Å²) in [5, 5.41) is 11.7. The number of ether oxygens (including phenoxy) is 2. The van der Waals surface area contributed by atoms with Crippen molar-refractivity contribution in [1.82, 2.24) is 4.90 Å². The maximum atomic E-state index is 11.7. The number of piperidine rings is 1. The second-order valence-corrected chi connectivity index (χ2v) is 8.08. The van der Waals surface area contributed by atoms with Gasteiger partial charge in [0.05, 0.1) is 25.9 Å². The summed E-state index contributed by atoms with van der Waals surface area (Å²) < 4.78 is 11.3. The zero-order chi connectivity index (χ0) is 19.0. The molecule has 0 aromatic heterocycles. The number of aliphatic hydroxyl groups is 1. The molecule has 2 fully saturated rings. The summed E-state index contributed by atoms with van der Waals surface area (Å²) in [4.78, 5) is 2.53. The molecule has 144 valence electrons. The van der Waals surface area contributed by atoms with Gasteiger partial charge < -0.3 is 14.6 Å². The minimum absolute atomic E-state index is 0.226. The van der Waals surface area contributed by atoms with Gasteiger partial charge in [0.2, 0.25) is 0 Å². The van der Waals surface area contributed by atoms with E-state index in [0.29, 0.717) is 26.1 Å². The van der Waals surface area contributed by atoms with E-state index in [1.54, 1.807) is 7.11 Å². The van der Waals surface area contributed by atoms with Crippen molar-refractivity contribution in [3.8, 4) is 5.75 Å². The predicted molar refractivity (Wildman–Crippen MR) is 106 cm³/mol. The lowest BCUT2D eigenvalue weighted by Crippen LogP contribution is -2.60. The Morgan fingerprint density at radius 1 is 1.07 bits per heavy atom. The fraction of sp³-hybridized carbons (Fsp3) is 0.478. The van der Waals surface area contributed by atoms with E-state index in [2.05, 4.69) is 48.2 Å². The van der Waals surface area contributed by atoms with Crippen molar-refractivity contribution in [3.05, 3.63) is 64.7 Å². The summed E-state index contributed by atoms with van der Waals surface area (Å²) in [6.45, 7) is 6.38. The molecule has 2 heterocycles. The third-order valence-electron chi connectivity index (χ3n) is 6.16. The fourth-order valence-electron chi connectivity index (χ4n) is 4.83. The molecule has 0 spiro atoms. The number of benzene rings is 2. The SMILES string of the molecule is COc1cc(C)c(C2(O)CC3COCC(C2)N3Cc2ccccc2)cc1C. The second kappa shape index (κ2) is 7.27. The molecule has 2 saturated heterocycles. The summed E-state index contributed by atoms with van der Waals surface area (Å²) in [5.41, 5.74) is 3.71. The van der Waals surface area contributed by atoms with Crippen LogP contribution in [-0.4, -0.2) is 42.4 Å². The van der Waals surface area contributed by atoms with Gasteiger partial charge in [0.15, 0.2) is 0 Å². The van der Waals surface area contributed by atoms with Gasteiger partial charge in [0.25, 0.3) is 0 Å². The predicted octanol–water partition coefficient (Wildman–Crippen LogP) is 3.56. The number of nitrogens with zero attached hydrogens (tertiary/aromatic N) is 1. The number of hydrogen-bond donors (Lipinski definition) is 1. The number of fused-ring (bicyclic) bond motifs is 2. The van der Waals surface area contributed by atoms with E-state index in [4.69, 9.17) is 9.47 Å². The van der Waals surface area contributed by atoms with Crippen molar-refractivity contribution in [3.63, 3.8) is 0 Å². The standard InChI is InChI=1S/C23H29NO3/c1-16-10-22(26-3)17(2)9-21(16)23(25)11-19-14-27-15-20(12-23)24(19)13-18-7-5-4-6-8-18/h4-10,19-20,25H,11-15H2,1-3H3. The lowest BCUT2D eigenvalue weighted by molar-refractivity contribution is -0.149. The van der Waals surface area contributed by atoms with Gasteiger partial charge in [-0.05, 0) is 61.1 Å². The fourth-order valence-corrected chi connectivity index (χ4v) is 4.83. The normalized spacial score (nSPS) is 28.1. The van der Waals surface area contributed by atoms with Gasteiger partial charge >= 0.3 is 0 Å². The van der Waals surface area contributed by atoms with Gasteiger partial charge in [0, 0.05) is 18.6 Å². The minimum Gasteiger partial charge on any atom is -0.496 e. The van der Waals surface area contributed by atoms with Gasteiger partial charge in [-0.1, -0.05) is 30.3 Å². The van der Waals surface area contributed by atoms with Crippen molar-refractivity contribution >= 4 is 0 Å². The molecular weight excluding hydrogens is 338 g/mol. The first-order chi connectivity index (χ1) is 13.0. The molecule has 4 heteroatoms. The number of hydrogen-bond acceptors (Lipinski definition) is 4. The molecule has 4 rings (SSSR count). The first-order valence-electron chi connectivity index (χ1n) is 9.75. The van der Waals surface area contributed by atoms with Crippen LogP contribution in [0, 0.1) is 13.8 Å². The summed E-state index contributed by atoms with van der Waals surface area (Å²) in [6.07, 6.45) is 1.39. The van der Waals surface area contributed by atoms with Crippen LogP contribution in [0.25, 0.3) is 0 Å². The van der Waals surface area contributed by atoms with Gasteiger partial charge in [0.1, 0.15) is 5.75 Å². The van der Waals surface area contributed by atoms with E-state index in [9.17, 15) is 5.11 Å². The van der Waals surface area contributed by atoms with Crippen LogP contribution in [-0.2, 0) is 16.9 Å². The third-order valence-corrected chi connectivity index (χ3v) is 6.16. The molecular formula is C23H29NO3. The monoisotopic (exact) mass is 367 g/mol. The van der Waals surface area contributed by atoms with Crippen LogP contribution in [0.4, 0.5) is 0 Å². The molecule has 2 bridgehead atoms. The van der Waals surface area contributed by atoms with Crippen molar-refractivity contribution < 1.29 is 14.6 Å². The van der Waals surface area contributed by atoms with E-state index < -0.39 is 5.60 Å². The van der Waals surface area contributed by atoms with Crippen LogP contribution in [0.5, 0.6) is 5.75 Å². The Morgan fingerprint density at radius 2 is 1.74 bits per heavy atom. The molecule has 4 nitrogen and oxygen atoms in total. The maximum absolute atomic E-state index is 11.7. The molecule has 0 saturated carbocycles. The Labute approximate surface area is 161 Å². The average Bonchev–Trinajstić information content (AvgIpc) is 2.65.